The maximum Gasteiger partial charge on any atom is 0.338 e. The quantitative estimate of drug-likeness (QED) is 0.778. The second-order valence-corrected chi connectivity index (χ2v) is 4.85. The minimum Gasteiger partial charge on any atom is -0.406 e. The van der Waals surface area contributed by atoms with Gasteiger partial charge in [-0.1, -0.05) is 30.4 Å². The molecule has 0 aromatic heterocycles. The zero-order valence-electron chi connectivity index (χ0n) is 11.5. The second kappa shape index (κ2) is 5.36. The third-order valence-corrected chi connectivity index (χ3v) is 3.38. The maximum atomic E-state index is 12.0. The Morgan fingerprint density at radius 1 is 1.19 bits per heavy atom. The number of rotatable bonds is 2. The minimum absolute atomic E-state index is 0.0802. The molecule has 0 bridgehead atoms. The van der Waals surface area contributed by atoms with Gasteiger partial charge in [0, 0.05) is 30.8 Å². The number of esters is 1. The Balaban J connectivity index is 1.80. The topological polar surface area (TPSA) is 59.0 Å². The summed E-state index contributed by atoms with van der Waals surface area (Å²) in [6.07, 6.45) is 6.86. The van der Waals surface area contributed by atoms with Crippen LogP contribution in [0.15, 0.2) is 59.9 Å². The van der Waals surface area contributed by atoms with Gasteiger partial charge in [-0.15, -0.1) is 0 Å². The van der Waals surface area contributed by atoms with Crippen molar-refractivity contribution in [1.82, 2.24) is 4.90 Å². The lowest BCUT2D eigenvalue weighted by Gasteiger charge is -2.19. The van der Waals surface area contributed by atoms with Gasteiger partial charge in [0.25, 0.3) is 0 Å². The number of nitrogens with zero attached hydrogens (tertiary/aromatic N) is 2. The molecule has 0 spiro atoms. The molecule has 1 aromatic rings. The lowest BCUT2D eigenvalue weighted by atomic mass is 9.99. The van der Waals surface area contributed by atoms with E-state index in [2.05, 4.69) is 4.99 Å². The number of aliphatic imine (C=N–C) groups is 1. The van der Waals surface area contributed by atoms with E-state index in [1.165, 1.54) is 11.8 Å². The van der Waals surface area contributed by atoms with Crippen LogP contribution in [0, 0.1) is 5.92 Å². The molecule has 2 aliphatic rings. The number of carbonyl (C=O) groups excluding carboxylic acids is 2. The summed E-state index contributed by atoms with van der Waals surface area (Å²) in [7, 11) is 0. The first-order valence-corrected chi connectivity index (χ1v) is 6.65. The highest BCUT2D eigenvalue weighted by molar-refractivity contribution is 6.06. The molecule has 0 saturated carbocycles. The van der Waals surface area contributed by atoms with Crippen LogP contribution in [-0.4, -0.2) is 28.7 Å². The van der Waals surface area contributed by atoms with Crippen LogP contribution in [0.1, 0.15) is 12.5 Å². The Bertz CT molecular complexity index is 647. The summed E-state index contributed by atoms with van der Waals surface area (Å²) < 4.78 is 5.25. The van der Waals surface area contributed by atoms with Gasteiger partial charge >= 0.3 is 5.97 Å². The summed E-state index contributed by atoms with van der Waals surface area (Å²) >= 11 is 0. The van der Waals surface area contributed by atoms with Crippen LogP contribution in [0.3, 0.4) is 0 Å². The molecule has 1 aromatic carbocycles. The largest absolute Gasteiger partial charge is 0.406 e. The van der Waals surface area contributed by atoms with Crippen LogP contribution in [-0.2, 0) is 14.3 Å². The van der Waals surface area contributed by atoms with Crippen molar-refractivity contribution in [3.63, 3.8) is 0 Å². The Hall–Kier alpha value is -2.69. The van der Waals surface area contributed by atoms with Gasteiger partial charge in [-0.25, -0.2) is 9.79 Å². The zero-order valence-corrected chi connectivity index (χ0v) is 11.5. The third kappa shape index (κ3) is 2.63. The predicted octanol–water partition coefficient (Wildman–Crippen LogP) is 1.86. The van der Waals surface area contributed by atoms with Crippen LogP contribution < -0.4 is 0 Å². The number of ether oxygens (including phenoxy) is 1. The number of benzene rings is 1. The number of hydrogen-bond donors (Lipinski definition) is 0. The molecule has 0 radical (unpaired) electrons. The average molecular weight is 282 g/mol. The molecule has 0 saturated heterocycles. The van der Waals surface area contributed by atoms with Crippen LogP contribution in [0.25, 0.3) is 0 Å². The summed E-state index contributed by atoms with van der Waals surface area (Å²) in [5, 5.41) is 0. The number of amides is 1. The van der Waals surface area contributed by atoms with Crippen molar-refractivity contribution in [1.29, 1.82) is 0 Å². The molecule has 21 heavy (non-hydrogen) atoms. The van der Waals surface area contributed by atoms with E-state index in [1.807, 2.05) is 30.3 Å². The lowest BCUT2D eigenvalue weighted by Crippen LogP contribution is -2.27. The molecule has 2 aliphatic heterocycles. The summed E-state index contributed by atoms with van der Waals surface area (Å²) in [5.41, 5.74) is 0.780. The molecule has 5 heteroatoms. The molecule has 3 rings (SSSR count). The fraction of sp³-hybridized carbons (Fsp3) is 0.188. The first kappa shape index (κ1) is 13.3. The number of cyclic esters (lactones) is 1. The Morgan fingerprint density at radius 3 is 2.48 bits per heavy atom. The molecule has 0 aliphatic carbocycles. The average Bonchev–Trinajstić information content (AvgIpc) is 2.90. The highest BCUT2D eigenvalue weighted by Gasteiger charge is 2.35. The van der Waals surface area contributed by atoms with Crippen LogP contribution in [0.4, 0.5) is 0 Å². The number of carbonyl (C=O) groups is 2. The fourth-order valence-corrected chi connectivity index (χ4v) is 2.24. The second-order valence-electron chi connectivity index (χ2n) is 4.85. The van der Waals surface area contributed by atoms with Gasteiger partial charge in [-0.2, -0.15) is 0 Å². The van der Waals surface area contributed by atoms with E-state index in [0.29, 0.717) is 5.90 Å². The predicted molar refractivity (Wildman–Crippen MR) is 77.1 cm³/mol. The lowest BCUT2D eigenvalue weighted by molar-refractivity contribution is -0.135. The maximum absolute atomic E-state index is 12.0. The zero-order chi connectivity index (χ0) is 14.8. The smallest absolute Gasteiger partial charge is 0.338 e. The van der Waals surface area contributed by atoms with E-state index in [1.54, 1.807) is 24.6 Å². The van der Waals surface area contributed by atoms with Crippen molar-refractivity contribution >= 4 is 17.8 Å². The van der Waals surface area contributed by atoms with E-state index in [9.17, 15) is 9.59 Å². The normalized spacial score (nSPS) is 21.4. The Labute approximate surface area is 122 Å². The van der Waals surface area contributed by atoms with E-state index < -0.39 is 6.04 Å². The summed E-state index contributed by atoms with van der Waals surface area (Å²) in [5.74, 6) is -0.302. The van der Waals surface area contributed by atoms with Gasteiger partial charge < -0.3 is 4.74 Å². The van der Waals surface area contributed by atoms with Gasteiger partial charge in [0.05, 0.1) is 0 Å². The van der Waals surface area contributed by atoms with Crippen molar-refractivity contribution in [2.75, 3.05) is 0 Å². The summed E-state index contributed by atoms with van der Waals surface area (Å²) in [6.45, 7) is 1.48. The van der Waals surface area contributed by atoms with Crippen molar-refractivity contribution in [3.8, 4) is 0 Å². The summed E-state index contributed by atoms with van der Waals surface area (Å²) in [4.78, 5) is 29.0. The van der Waals surface area contributed by atoms with Crippen LogP contribution in [0.5, 0.6) is 0 Å². The SMILES string of the molecule is CC(=O)N1C=CC(C2N=C(c3ccccc3)OC2=O)C=C1. The van der Waals surface area contributed by atoms with Gasteiger partial charge in [-0.3, -0.25) is 9.69 Å². The number of hydrogen-bond acceptors (Lipinski definition) is 4. The molecule has 1 amide bonds. The molecule has 5 nitrogen and oxygen atoms in total. The fourth-order valence-electron chi connectivity index (χ4n) is 2.24. The highest BCUT2D eigenvalue weighted by atomic mass is 16.6. The standard InChI is InChI=1S/C16H14N2O3/c1-11(19)18-9-7-12(8-10-18)14-16(20)21-15(17-14)13-5-3-2-4-6-13/h2-10,12,14H,1H3. The first-order valence-electron chi connectivity index (χ1n) is 6.65. The molecule has 0 fully saturated rings. The van der Waals surface area contributed by atoms with Crippen LogP contribution >= 0.6 is 0 Å². The van der Waals surface area contributed by atoms with E-state index >= 15 is 0 Å². The first-order chi connectivity index (χ1) is 10.1. The Morgan fingerprint density at radius 2 is 1.86 bits per heavy atom. The molecule has 1 unspecified atom stereocenters. The summed E-state index contributed by atoms with van der Waals surface area (Å²) in [6, 6.07) is 8.72. The van der Waals surface area contributed by atoms with Gasteiger partial charge in [-0.05, 0) is 12.1 Å². The van der Waals surface area contributed by atoms with Crippen molar-refractivity contribution in [2.24, 2.45) is 10.9 Å². The Kier molecular flexibility index (Phi) is 3.39. The minimum atomic E-state index is -0.596. The van der Waals surface area contributed by atoms with Gasteiger partial charge in [0.2, 0.25) is 11.8 Å². The van der Waals surface area contributed by atoms with E-state index in [-0.39, 0.29) is 17.8 Å². The molecular weight excluding hydrogens is 268 g/mol. The molecule has 0 N–H and O–H groups in total. The molecule has 1 atom stereocenters. The van der Waals surface area contributed by atoms with Crippen molar-refractivity contribution in [2.45, 2.75) is 13.0 Å². The molecular formula is C16H14N2O3. The highest BCUT2D eigenvalue weighted by Crippen LogP contribution is 2.23. The monoisotopic (exact) mass is 282 g/mol. The van der Waals surface area contributed by atoms with Crippen LogP contribution in [0.2, 0.25) is 0 Å². The molecule has 2 heterocycles. The van der Waals surface area contributed by atoms with E-state index in [4.69, 9.17) is 4.74 Å². The molecule has 106 valence electrons. The van der Waals surface area contributed by atoms with Crippen molar-refractivity contribution < 1.29 is 14.3 Å². The van der Waals surface area contributed by atoms with Gasteiger partial charge in [0.15, 0.2) is 6.04 Å². The third-order valence-electron chi connectivity index (χ3n) is 3.38. The van der Waals surface area contributed by atoms with Gasteiger partial charge in [0.1, 0.15) is 0 Å². The van der Waals surface area contributed by atoms with E-state index in [0.717, 1.165) is 5.56 Å². The van der Waals surface area contributed by atoms with Crippen molar-refractivity contribution in [3.05, 3.63) is 60.4 Å².